The largest absolute Gasteiger partial charge is 0.481 e. The maximum absolute atomic E-state index is 12.2. The van der Waals surface area contributed by atoms with Crippen LogP contribution in [0.2, 0.25) is 0 Å². The number of hydrogen-bond donors (Lipinski definition) is 1. The van der Waals surface area contributed by atoms with Crippen LogP contribution in [-0.4, -0.2) is 41.2 Å². The van der Waals surface area contributed by atoms with Gasteiger partial charge in [0, 0.05) is 13.1 Å². The molecule has 104 valence electrons. The molecule has 0 spiro atoms. The summed E-state index contributed by atoms with van der Waals surface area (Å²) >= 11 is 1.62. The molecule has 0 aliphatic carbocycles. The number of hydrogen-bond acceptors (Lipinski definition) is 4. The van der Waals surface area contributed by atoms with Gasteiger partial charge in [0.15, 0.2) is 5.76 Å². The van der Waals surface area contributed by atoms with Crippen molar-refractivity contribution in [2.75, 3.05) is 19.3 Å². The second kappa shape index (κ2) is 5.69. The van der Waals surface area contributed by atoms with Crippen LogP contribution >= 0.6 is 11.8 Å². The van der Waals surface area contributed by atoms with Crippen molar-refractivity contribution >= 4 is 23.6 Å². The van der Waals surface area contributed by atoms with Crippen LogP contribution in [0, 0.1) is 11.8 Å². The molecule has 0 bridgehead atoms. The average Bonchev–Trinajstić information content (AvgIpc) is 2.95. The molecule has 1 aliphatic heterocycles. The Labute approximate surface area is 116 Å². The van der Waals surface area contributed by atoms with Crippen LogP contribution in [0.5, 0.6) is 0 Å². The van der Waals surface area contributed by atoms with Gasteiger partial charge in [-0.15, -0.1) is 0 Å². The number of amides is 1. The Balaban J connectivity index is 2.06. The van der Waals surface area contributed by atoms with E-state index in [-0.39, 0.29) is 18.4 Å². The maximum Gasteiger partial charge on any atom is 0.308 e. The van der Waals surface area contributed by atoms with Gasteiger partial charge in [-0.2, -0.15) is 11.8 Å². The summed E-state index contributed by atoms with van der Waals surface area (Å²) in [5.74, 6) is 0.210. The molecule has 6 heteroatoms. The first-order valence-electron chi connectivity index (χ1n) is 6.12. The van der Waals surface area contributed by atoms with Crippen LogP contribution < -0.4 is 0 Å². The van der Waals surface area contributed by atoms with Crippen LogP contribution in [0.25, 0.3) is 0 Å². The van der Waals surface area contributed by atoms with E-state index in [1.165, 1.54) is 0 Å². The van der Waals surface area contributed by atoms with Gasteiger partial charge in [-0.1, -0.05) is 6.92 Å². The van der Waals surface area contributed by atoms with Crippen LogP contribution in [0.3, 0.4) is 0 Å². The van der Waals surface area contributed by atoms with Crippen molar-refractivity contribution < 1.29 is 19.1 Å². The van der Waals surface area contributed by atoms with E-state index in [0.29, 0.717) is 12.3 Å². The number of nitrogens with zero attached hydrogens (tertiary/aromatic N) is 1. The smallest absolute Gasteiger partial charge is 0.308 e. The number of carboxylic acids is 1. The standard InChI is InChI=1S/C13H17NO4S/c1-8-5-14(6-10(8)13(16)17)12(15)11-4-3-9(18-11)7-19-2/h3-4,8,10H,5-7H2,1-2H3,(H,16,17). The zero-order chi connectivity index (χ0) is 14.0. The Morgan fingerprint density at radius 1 is 1.47 bits per heavy atom. The molecule has 0 aromatic carbocycles. The first kappa shape index (κ1) is 14.0. The van der Waals surface area contributed by atoms with E-state index in [0.717, 1.165) is 11.5 Å². The molecule has 19 heavy (non-hydrogen) atoms. The fourth-order valence-corrected chi connectivity index (χ4v) is 2.76. The molecule has 1 amide bonds. The first-order valence-corrected chi connectivity index (χ1v) is 7.52. The molecular weight excluding hydrogens is 266 g/mol. The zero-order valence-electron chi connectivity index (χ0n) is 11.0. The number of carbonyl (C=O) groups is 2. The van der Waals surface area contributed by atoms with Crippen molar-refractivity contribution in [3.05, 3.63) is 23.7 Å². The molecule has 2 rings (SSSR count). The van der Waals surface area contributed by atoms with Crippen molar-refractivity contribution in [2.24, 2.45) is 11.8 Å². The summed E-state index contributed by atoms with van der Waals surface area (Å²) in [6, 6.07) is 3.45. The Hall–Kier alpha value is -1.43. The van der Waals surface area contributed by atoms with Crippen LogP contribution in [-0.2, 0) is 10.5 Å². The van der Waals surface area contributed by atoms with E-state index in [9.17, 15) is 9.59 Å². The summed E-state index contributed by atoms with van der Waals surface area (Å²) < 4.78 is 5.47. The van der Waals surface area contributed by atoms with Gasteiger partial charge in [-0.3, -0.25) is 9.59 Å². The predicted octanol–water partition coefficient (Wildman–Crippen LogP) is 1.94. The minimum Gasteiger partial charge on any atom is -0.481 e. The number of thioether (sulfide) groups is 1. The molecule has 5 nitrogen and oxygen atoms in total. The highest BCUT2D eigenvalue weighted by Crippen LogP contribution is 2.25. The highest BCUT2D eigenvalue weighted by Gasteiger charge is 2.37. The third-order valence-corrected chi connectivity index (χ3v) is 3.95. The molecular formula is C13H17NO4S. The normalized spacial score (nSPS) is 22.7. The highest BCUT2D eigenvalue weighted by atomic mass is 32.2. The summed E-state index contributed by atoms with van der Waals surface area (Å²) in [4.78, 5) is 24.8. The summed E-state index contributed by atoms with van der Waals surface area (Å²) in [6.45, 7) is 2.58. The Kier molecular flexibility index (Phi) is 4.19. The van der Waals surface area contributed by atoms with Gasteiger partial charge in [-0.25, -0.2) is 0 Å². The van der Waals surface area contributed by atoms with E-state index in [2.05, 4.69) is 0 Å². The fourth-order valence-electron chi connectivity index (χ4n) is 2.32. The lowest BCUT2D eigenvalue weighted by Crippen LogP contribution is -2.29. The van der Waals surface area contributed by atoms with Gasteiger partial charge in [0.05, 0.1) is 11.7 Å². The molecule has 1 aromatic rings. The summed E-state index contributed by atoms with van der Waals surface area (Å²) in [6.07, 6.45) is 1.96. The number of furan rings is 1. The molecule has 1 aromatic heterocycles. The molecule has 2 unspecified atom stereocenters. The Morgan fingerprint density at radius 3 is 2.79 bits per heavy atom. The third-order valence-electron chi connectivity index (χ3n) is 3.38. The van der Waals surface area contributed by atoms with E-state index in [1.807, 2.05) is 13.2 Å². The number of likely N-dealkylation sites (tertiary alicyclic amines) is 1. The van der Waals surface area contributed by atoms with Crippen molar-refractivity contribution in [1.82, 2.24) is 4.90 Å². The van der Waals surface area contributed by atoms with Crippen molar-refractivity contribution in [2.45, 2.75) is 12.7 Å². The van der Waals surface area contributed by atoms with Crippen LogP contribution in [0.4, 0.5) is 0 Å². The van der Waals surface area contributed by atoms with Crippen molar-refractivity contribution in [3.8, 4) is 0 Å². The van der Waals surface area contributed by atoms with Gasteiger partial charge < -0.3 is 14.4 Å². The molecule has 1 fully saturated rings. The fraction of sp³-hybridized carbons (Fsp3) is 0.538. The van der Waals surface area contributed by atoms with Crippen LogP contribution in [0.15, 0.2) is 16.5 Å². The van der Waals surface area contributed by atoms with Gasteiger partial charge in [-0.05, 0) is 24.3 Å². The second-order valence-electron chi connectivity index (χ2n) is 4.83. The lowest BCUT2D eigenvalue weighted by atomic mass is 9.99. The monoisotopic (exact) mass is 283 g/mol. The molecule has 1 N–H and O–H groups in total. The molecule has 0 radical (unpaired) electrons. The van der Waals surface area contributed by atoms with Gasteiger partial charge in [0.1, 0.15) is 5.76 Å². The van der Waals surface area contributed by atoms with Gasteiger partial charge in [0.25, 0.3) is 5.91 Å². The summed E-state index contributed by atoms with van der Waals surface area (Å²) in [5, 5.41) is 9.06. The lowest BCUT2D eigenvalue weighted by Gasteiger charge is -2.13. The van der Waals surface area contributed by atoms with E-state index >= 15 is 0 Å². The molecule has 1 saturated heterocycles. The maximum atomic E-state index is 12.2. The molecule has 2 atom stereocenters. The van der Waals surface area contributed by atoms with Gasteiger partial charge in [0.2, 0.25) is 0 Å². The number of rotatable bonds is 4. The topological polar surface area (TPSA) is 70.8 Å². The summed E-state index contributed by atoms with van der Waals surface area (Å²) in [7, 11) is 0. The number of carboxylic acid groups (broad SMARTS) is 1. The lowest BCUT2D eigenvalue weighted by molar-refractivity contribution is -0.142. The van der Waals surface area contributed by atoms with Crippen LogP contribution in [0.1, 0.15) is 23.2 Å². The minimum atomic E-state index is -0.842. The van der Waals surface area contributed by atoms with E-state index in [1.54, 1.807) is 28.8 Å². The van der Waals surface area contributed by atoms with E-state index in [4.69, 9.17) is 9.52 Å². The van der Waals surface area contributed by atoms with E-state index < -0.39 is 11.9 Å². The highest BCUT2D eigenvalue weighted by molar-refractivity contribution is 7.97. The third kappa shape index (κ3) is 2.94. The average molecular weight is 283 g/mol. The summed E-state index contributed by atoms with van der Waals surface area (Å²) in [5.41, 5.74) is 0. The quantitative estimate of drug-likeness (QED) is 0.914. The molecule has 2 heterocycles. The SMILES string of the molecule is CSCc1ccc(C(=O)N2CC(C)C(C(=O)O)C2)o1. The predicted molar refractivity (Wildman–Crippen MR) is 72.1 cm³/mol. The zero-order valence-corrected chi connectivity index (χ0v) is 11.8. The first-order chi connectivity index (χ1) is 9.02. The number of aliphatic carboxylic acids is 1. The van der Waals surface area contributed by atoms with Crippen molar-refractivity contribution in [1.29, 1.82) is 0 Å². The Morgan fingerprint density at radius 2 is 2.21 bits per heavy atom. The minimum absolute atomic E-state index is 0.0259. The second-order valence-corrected chi connectivity index (χ2v) is 5.70. The number of carbonyl (C=O) groups excluding carboxylic acids is 1. The molecule has 1 aliphatic rings. The van der Waals surface area contributed by atoms with Gasteiger partial charge >= 0.3 is 5.97 Å². The molecule has 0 saturated carbocycles. The Bertz CT molecular complexity index is 485. The van der Waals surface area contributed by atoms with Crippen molar-refractivity contribution in [3.63, 3.8) is 0 Å².